The molecule has 1 fully saturated rings. The van der Waals surface area contributed by atoms with Gasteiger partial charge in [-0.15, -0.1) is 11.3 Å². The Kier molecular flexibility index (Phi) is 3.43. The Morgan fingerprint density at radius 2 is 2.10 bits per heavy atom. The number of fused-ring (bicyclic) bond motifs is 1. The number of nitrogens with zero attached hydrogens (tertiary/aromatic N) is 3. The third-order valence-electron chi connectivity index (χ3n) is 4.65. The van der Waals surface area contributed by atoms with E-state index >= 15 is 0 Å². The van der Waals surface area contributed by atoms with Gasteiger partial charge in [-0.25, -0.2) is 4.68 Å². The lowest BCUT2D eigenvalue weighted by Gasteiger charge is -2.24. The monoisotopic (exact) mass is 303 g/mol. The van der Waals surface area contributed by atoms with E-state index in [9.17, 15) is 0 Å². The number of hydrogen-bond donors (Lipinski definition) is 2. The molecule has 3 heterocycles. The summed E-state index contributed by atoms with van der Waals surface area (Å²) < 4.78 is 2.10. The molecule has 0 radical (unpaired) electrons. The summed E-state index contributed by atoms with van der Waals surface area (Å²) >= 11 is 1.81. The van der Waals surface area contributed by atoms with Crippen molar-refractivity contribution in [3.05, 3.63) is 28.2 Å². The van der Waals surface area contributed by atoms with E-state index in [4.69, 9.17) is 15.8 Å². The van der Waals surface area contributed by atoms with Crippen LogP contribution >= 0.6 is 11.3 Å². The normalized spacial score (nSPS) is 28.9. The van der Waals surface area contributed by atoms with Crippen molar-refractivity contribution in [1.29, 1.82) is 0 Å². The molecule has 0 bridgehead atoms. The molecule has 2 aromatic heterocycles. The molecule has 1 aliphatic carbocycles. The molecule has 4 rings (SSSR count). The highest BCUT2D eigenvalue weighted by Gasteiger charge is 2.29. The maximum absolute atomic E-state index is 6.00. The van der Waals surface area contributed by atoms with Gasteiger partial charge in [-0.2, -0.15) is 10.1 Å². The molecule has 21 heavy (non-hydrogen) atoms. The summed E-state index contributed by atoms with van der Waals surface area (Å²) in [6, 6.07) is 5.02. The lowest BCUT2D eigenvalue weighted by Crippen LogP contribution is -2.26. The van der Waals surface area contributed by atoms with Gasteiger partial charge in [-0.3, -0.25) is 0 Å². The molecular formula is C15H21N5S. The summed E-state index contributed by atoms with van der Waals surface area (Å²) in [5.74, 6) is 2.42. The number of rotatable bonds is 2. The molecule has 3 N–H and O–H groups in total. The van der Waals surface area contributed by atoms with E-state index in [1.807, 2.05) is 0 Å². The van der Waals surface area contributed by atoms with E-state index in [-0.39, 0.29) is 0 Å². The van der Waals surface area contributed by atoms with Crippen LogP contribution in [0.3, 0.4) is 0 Å². The minimum atomic E-state index is 0.341. The van der Waals surface area contributed by atoms with Gasteiger partial charge in [0.05, 0.1) is 6.04 Å². The molecule has 1 atom stereocenters. The van der Waals surface area contributed by atoms with Crippen LogP contribution in [0.25, 0.3) is 0 Å². The molecular weight excluding hydrogens is 282 g/mol. The standard InChI is InChI=1S/C15H21N5S/c16-11-5-3-10(4-6-11)14-18-15-17-8-7-12(20(15)19-14)13-2-1-9-21-13/h1-2,9-12H,3-8,16H2,(H,17,18,19). The van der Waals surface area contributed by atoms with Crippen molar-refractivity contribution < 1.29 is 0 Å². The summed E-state index contributed by atoms with van der Waals surface area (Å²) in [6.07, 6.45) is 5.50. The van der Waals surface area contributed by atoms with E-state index in [0.29, 0.717) is 18.0 Å². The van der Waals surface area contributed by atoms with Gasteiger partial charge < -0.3 is 11.1 Å². The fourth-order valence-electron chi connectivity index (χ4n) is 3.41. The second-order valence-electron chi connectivity index (χ2n) is 6.10. The first-order chi connectivity index (χ1) is 10.3. The van der Waals surface area contributed by atoms with Gasteiger partial charge in [0.2, 0.25) is 5.95 Å². The van der Waals surface area contributed by atoms with Crippen molar-refractivity contribution in [2.75, 3.05) is 11.9 Å². The number of thiophene rings is 1. The van der Waals surface area contributed by atoms with E-state index in [1.54, 1.807) is 11.3 Å². The third-order valence-corrected chi connectivity index (χ3v) is 5.63. The first-order valence-electron chi connectivity index (χ1n) is 7.80. The van der Waals surface area contributed by atoms with Crippen LogP contribution in [0.2, 0.25) is 0 Å². The topological polar surface area (TPSA) is 68.8 Å². The maximum atomic E-state index is 6.00. The lowest BCUT2D eigenvalue weighted by atomic mass is 9.86. The predicted molar refractivity (Wildman–Crippen MR) is 84.8 cm³/mol. The van der Waals surface area contributed by atoms with Gasteiger partial charge in [-0.05, 0) is 43.6 Å². The Hall–Kier alpha value is -1.40. The Morgan fingerprint density at radius 1 is 1.24 bits per heavy atom. The SMILES string of the molecule is NC1CCC(c2nc3n(n2)C(c2cccs2)CCN3)CC1. The molecule has 0 spiro atoms. The largest absolute Gasteiger partial charge is 0.354 e. The quantitative estimate of drug-likeness (QED) is 0.895. The average molecular weight is 303 g/mol. The minimum Gasteiger partial charge on any atom is -0.354 e. The van der Waals surface area contributed by atoms with E-state index in [0.717, 1.165) is 50.4 Å². The Labute approximate surface area is 128 Å². The Bertz CT molecular complexity index is 598. The summed E-state index contributed by atoms with van der Waals surface area (Å²) in [5, 5.41) is 10.4. The third kappa shape index (κ3) is 2.46. The summed E-state index contributed by atoms with van der Waals surface area (Å²) in [6.45, 7) is 0.968. The van der Waals surface area contributed by atoms with Gasteiger partial charge in [0, 0.05) is 23.4 Å². The minimum absolute atomic E-state index is 0.341. The highest BCUT2D eigenvalue weighted by Crippen LogP contribution is 2.35. The van der Waals surface area contributed by atoms with Crippen LogP contribution in [0.4, 0.5) is 5.95 Å². The van der Waals surface area contributed by atoms with Crippen LogP contribution in [0, 0.1) is 0 Å². The van der Waals surface area contributed by atoms with Gasteiger partial charge in [0.25, 0.3) is 0 Å². The van der Waals surface area contributed by atoms with Crippen molar-refractivity contribution in [3.8, 4) is 0 Å². The number of nitrogens with two attached hydrogens (primary N) is 1. The Morgan fingerprint density at radius 3 is 2.86 bits per heavy atom. The van der Waals surface area contributed by atoms with E-state index < -0.39 is 0 Å². The average Bonchev–Trinajstić information content (AvgIpc) is 3.17. The lowest BCUT2D eigenvalue weighted by molar-refractivity contribution is 0.381. The maximum Gasteiger partial charge on any atom is 0.222 e. The van der Waals surface area contributed by atoms with Crippen molar-refractivity contribution in [2.45, 2.75) is 50.1 Å². The molecule has 5 nitrogen and oxygen atoms in total. The van der Waals surface area contributed by atoms with Crippen LogP contribution in [0.5, 0.6) is 0 Å². The van der Waals surface area contributed by atoms with Crippen LogP contribution < -0.4 is 11.1 Å². The van der Waals surface area contributed by atoms with Crippen molar-refractivity contribution in [2.24, 2.45) is 5.73 Å². The van der Waals surface area contributed by atoms with E-state index in [1.165, 1.54) is 4.88 Å². The summed E-state index contributed by atoms with van der Waals surface area (Å²) in [4.78, 5) is 6.14. The number of anilines is 1. The molecule has 112 valence electrons. The van der Waals surface area contributed by atoms with Gasteiger partial charge in [-0.1, -0.05) is 6.07 Å². The molecule has 0 saturated heterocycles. The number of aromatic nitrogens is 3. The molecule has 6 heteroatoms. The van der Waals surface area contributed by atoms with Crippen LogP contribution in [-0.4, -0.2) is 27.4 Å². The molecule has 1 unspecified atom stereocenters. The van der Waals surface area contributed by atoms with Gasteiger partial charge in [0.15, 0.2) is 5.82 Å². The number of nitrogens with one attached hydrogen (secondary N) is 1. The zero-order valence-corrected chi connectivity index (χ0v) is 12.9. The second-order valence-corrected chi connectivity index (χ2v) is 7.08. The molecule has 2 aromatic rings. The van der Waals surface area contributed by atoms with Crippen LogP contribution in [0.1, 0.15) is 54.8 Å². The van der Waals surface area contributed by atoms with Crippen molar-refractivity contribution in [3.63, 3.8) is 0 Å². The van der Waals surface area contributed by atoms with Gasteiger partial charge >= 0.3 is 0 Å². The molecule has 1 saturated carbocycles. The summed E-state index contributed by atoms with van der Waals surface area (Å²) in [7, 11) is 0. The fraction of sp³-hybridized carbons (Fsp3) is 0.600. The highest BCUT2D eigenvalue weighted by molar-refractivity contribution is 7.10. The fourth-order valence-corrected chi connectivity index (χ4v) is 4.26. The molecule has 1 aliphatic heterocycles. The number of hydrogen-bond acceptors (Lipinski definition) is 5. The molecule has 0 amide bonds. The predicted octanol–water partition coefficient (Wildman–Crippen LogP) is 2.73. The smallest absolute Gasteiger partial charge is 0.222 e. The first kappa shape index (κ1) is 13.3. The van der Waals surface area contributed by atoms with Crippen molar-refractivity contribution >= 4 is 17.3 Å². The first-order valence-corrected chi connectivity index (χ1v) is 8.68. The van der Waals surface area contributed by atoms with Crippen LogP contribution in [-0.2, 0) is 0 Å². The van der Waals surface area contributed by atoms with E-state index in [2.05, 4.69) is 27.5 Å². The summed E-state index contributed by atoms with van der Waals surface area (Å²) in [5.41, 5.74) is 6.00. The van der Waals surface area contributed by atoms with Gasteiger partial charge in [0.1, 0.15) is 0 Å². The molecule has 2 aliphatic rings. The zero-order chi connectivity index (χ0) is 14.2. The Balaban J connectivity index is 1.62. The highest BCUT2D eigenvalue weighted by atomic mass is 32.1. The zero-order valence-electron chi connectivity index (χ0n) is 12.0. The molecule has 0 aromatic carbocycles. The van der Waals surface area contributed by atoms with Crippen molar-refractivity contribution in [1.82, 2.24) is 14.8 Å². The second kappa shape index (κ2) is 5.42. The van der Waals surface area contributed by atoms with Crippen LogP contribution in [0.15, 0.2) is 17.5 Å².